The first kappa shape index (κ1) is 13.5. The highest BCUT2D eigenvalue weighted by Gasteiger charge is 2.29. The van der Waals surface area contributed by atoms with E-state index in [0.29, 0.717) is 0 Å². The monoisotopic (exact) mass is 261 g/mol. The molecule has 0 spiro atoms. The van der Waals surface area contributed by atoms with Gasteiger partial charge in [-0.2, -0.15) is 0 Å². The summed E-state index contributed by atoms with van der Waals surface area (Å²) in [4.78, 5) is 25.2. The molecule has 102 valence electrons. The number of nitrogens with two attached hydrogens (primary N) is 1. The van der Waals surface area contributed by atoms with Gasteiger partial charge in [0.1, 0.15) is 6.04 Å². The van der Waals surface area contributed by atoms with E-state index in [4.69, 9.17) is 5.73 Å². The van der Waals surface area contributed by atoms with E-state index in [-0.39, 0.29) is 5.91 Å². The number of carbonyl (C=O) groups excluding carboxylic acids is 2. The van der Waals surface area contributed by atoms with Gasteiger partial charge in [0.05, 0.1) is 0 Å². The van der Waals surface area contributed by atoms with Crippen molar-refractivity contribution in [3.63, 3.8) is 0 Å². The number of rotatable bonds is 3. The van der Waals surface area contributed by atoms with Crippen LogP contribution in [0.25, 0.3) is 0 Å². The van der Waals surface area contributed by atoms with E-state index in [9.17, 15) is 9.59 Å². The van der Waals surface area contributed by atoms with Crippen molar-refractivity contribution in [1.29, 1.82) is 0 Å². The maximum Gasteiger partial charge on any atom is 0.318 e. The first-order valence-corrected chi connectivity index (χ1v) is 6.58. The van der Waals surface area contributed by atoms with E-state index in [1.165, 1.54) is 6.42 Å². The molecule has 0 bridgehead atoms. The molecule has 19 heavy (non-hydrogen) atoms. The Labute approximate surface area is 112 Å². The molecule has 1 saturated heterocycles. The molecule has 0 radical (unpaired) electrons. The molecule has 5 heteroatoms. The molecule has 1 aromatic rings. The van der Waals surface area contributed by atoms with Crippen LogP contribution in [0.15, 0.2) is 30.3 Å². The summed E-state index contributed by atoms with van der Waals surface area (Å²) in [5.74, 6) is -0.347. The fourth-order valence-corrected chi connectivity index (χ4v) is 2.53. The Morgan fingerprint density at radius 3 is 2.32 bits per heavy atom. The minimum Gasteiger partial charge on any atom is -0.351 e. The van der Waals surface area contributed by atoms with Crippen molar-refractivity contribution in [2.45, 2.75) is 25.3 Å². The van der Waals surface area contributed by atoms with Gasteiger partial charge in [-0.3, -0.25) is 15.0 Å². The average Bonchev–Trinajstić information content (AvgIpc) is 2.40. The van der Waals surface area contributed by atoms with Gasteiger partial charge in [0, 0.05) is 0 Å². The molecule has 3 amide bonds. The lowest BCUT2D eigenvalue weighted by Gasteiger charge is -2.33. The fourth-order valence-electron chi connectivity index (χ4n) is 2.53. The van der Waals surface area contributed by atoms with Crippen LogP contribution in [0.5, 0.6) is 0 Å². The zero-order valence-electron chi connectivity index (χ0n) is 10.8. The molecule has 1 aliphatic rings. The van der Waals surface area contributed by atoms with Gasteiger partial charge in [-0.05, 0) is 31.5 Å². The number of urea groups is 1. The number of hydrogen-bond donors (Lipinski definition) is 2. The van der Waals surface area contributed by atoms with Gasteiger partial charge < -0.3 is 5.73 Å². The van der Waals surface area contributed by atoms with Crippen LogP contribution in [-0.4, -0.2) is 29.9 Å². The smallest absolute Gasteiger partial charge is 0.318 e. The number of primary amides is 1. The van der Waals surface area contributed by atoms with Crippen molar-refractivity contribution in [3.8, 4) is 0 Å². The SMILES string of the molecule is NC(=O)NC(=O)[C@H](c1ccccc1)N1CCCCC1. The van der Waals surface area contributed by atoms with Gasteiger partial charge >= 0.3 is 6.03 Å². The highest BCUT2D eigenvalue weighted by molar-refractivity contribution is 5.96. The Morgan fingerprint density at radius 1 is 1.11 bits per heavy atom. The molecule has 0 aliphatic carbocycles. The summed E-state index contributed by atoms with van der Waals surface area (Å²) in [6, 6.07) is 8.26. The maximum absolute atomic E-state index is 12.2. The number of hydrogen-bond acceptors (Lipinski definition) is 3. The topological polar surface area (TPSA) is 75.4 Å². The fraction of sp³-hybridized carbons (Fsp3) is 0.429. The molecule has 0 aromatic heterocycles. The molecule has 3 N–H and O–H groups in total. The van der Waals surface area contributed by atoms with E-state index >= 15 is 0 Å². The van der Waals surface area contributed by atoms with Crippen LogP contribution in [0, 0.1) is 0 Å². The Kier molecular flexibility index (Phi) is 4.52. The van der Waals surface area contributed by atoms with Crippen molar-refractivity contribution in [2.24, 2.45) is 5.73 Å². The molecule has 0 saturated carbocycles. The van der Waals surface area contributed by atoms with E-state index in [0.717, 1.165) is 31.5 Å². The number of benzene rings is 1. The predicted octanol–water partition coefficient (Wildman–Crippen LogP) is 1.41. The third kappa shape index (κ3) is 3.54. The number of imide groups is 1. The number of nitrogens with one attached hydrogen (secondary N) is 1. The number of carbonyl (C=O) groups is 2. The maximum atomic E-state index is 12.2. The van der Waals surface area contributed by atoms with Gasteiger partial charge in [-0.25, -0.2) is 4.79 Å². The first-order valence-electron chi connectivity index (χ1n) is 6.58. The highest BCUT2D eigenvalue weighted by atomic mass is 16.2. The minimum absolute atomic E-state index is 0.347. The molecule has 1 aromatic carbocycles. The van der Waals surface area contributed by atoms with E-state index in [2.05, 4.69) is 10.2 Å². The zero-order valence-corrected chi connectivity index (χ0v) is 10.8. The number of nitrogens with zero attached hydrogens (tertiary/aromatic N) is 1. The lowest BCUT2D eigenvalue weighted by Crippen LogP contribution is -2.46. The summed E-state index contributed by atoms with van der Waals surface area (Å²) in [5, 5.41) is 2.20. The highest BCUT2D eigenvalue weighted by Crippen LogP contribution is 2.24. The summed E-state index contributed by atoms with van der Waals surface area (Å²) >= 11 is 0. The Bertz CT molecular complexity index is 441. The standard InChI is InChI=1S/C14H19N3O2/c15-14(19)16-13(18)12(11-7-3-1-4-8-11)17-9-5-2-6-10-17/h1,3-4,7-8,12H,2,5-6,9-10H2,(H3,15,16,18,19)/t12-/m0/s1. The molecule has 1 fully saturated rings. The van der Waals surface area contributed by atoms with Crippen molar-refractivity contribution < 1.29 is 9.59 Å². The second kappa shape index (κ2) is 6.33. The van der Waals surface area contributed by atoms with Crippen LogP contribution in [0.4, 0.5) is 4.79 Å². The third-order valence-corrected chi connectivity index (χ3v) is 3.37. The lowest BCUT2D eigenvalue weighted by atomic mass is 10.0. The van der Waals surface area contributed by atoms with E-state index in [1.807, 2.05) is 30.3 Å². The normalized spacial score (nSPS) is 17.7. The molecule has 0 unspecified atom stereocenters. The molecule has 5 nitrogen and oxygen atoms in total. The third-order valence-electron chi connectivity index (χ3n) is 3.37. The molecule has 1 heterocycles. The summed E-state index contributed by atoms with van der Waals surface area (Å²) in [6.07, 6.45) is 3.34. The van der Waals surface area contributed by atoms with E-state index < -0.39 is 12.1 Å². The van der Waals surface area contributed by atoms with Crippen LogP contribution in [0.3, 0.4) is 0 Å². The van der Waals surface area contributed by atoms with Gasteiger partial charge in [0.2, 0.25) is 5.91 Å². The number of piperidine rings is 1. The summed E-state index contributed by atoms with van der Waals surface area (Å²) < 4.78 is 0. The average molecular weight is 261 g/mol. The second-order valence-electron chi connectivity index (χ2n) is 4.76. The number of likely N-dealkylation sites (tertiary alicyclic amines) is 1. The van der Waals surface area contributed by atoms with Gasteiger partial charge in [0.15, 0.2) is 0 Å². The van der Waals surface area contributed by atoms with Crippen LogP contribution in [0.1, 0.15) is 30.9 Å². The summed E-state index contributed by atoms with van der Waals surface area (Å²) in [6.45, 7) is 1.73. The van der Waals surface area contributed by atoms with E-state index in [1.54, 1.807) is 0 Å². The second-order valence-corrected chi connectivity index (χ2v) is 4.76. The lowest BCUT2D eigenvalue weighted by molar-refractivity contribution is -0.125. The van der Waals surface area contributed by atoms with Gasteiger partial charge in [0.25, 0.3) is 0 Å². The Hall–Kier alpha value is -1.88. The Morgan fingerprint density at radius 2 is 1.74 bits per heavy atom. The summed E-state index contributed by atoms with van der Waals surface area (Å²) in [5.41, 5.74) is 5.94. The molecule has 1 aliphatic heterocycles. The largest absolute Gasteiger partial charge is 0.351 e. The molecule has 2 rings (SSSR count). The Balaban J connectivity index is 2.22. The molecule has 1 atom stereocenters. The van der Waals surface area contributed by atoms with Gasteiger partial charge in [-0.15, -0.1) is 0 Å². The van der Waals surface area contributed by atoms with Crippen molar-refractivity contribution >= 4 is 11.9 Å². The zero-order chi connectivity index (χ0) is 13.7. The van der Waals surface area contributed by atoms with Crippen LogP contribution in [0.2, 0.25) is 0 Å². The quantitative estimate of drug-likeness (QED) is 0.863. The summed E-state index contributed by atoms with van der Waals surface area (Å²) in [7, 11) is 0. The van der Waals surface area contributed by atoms with Crippen molar-refractivity contribution in [1.82, 2.24) is 10.2 Å². The predicted molar refractivity (Wildman–Crippen MR) is 72.3 cm³/mol. The van der Waals surface area contributed by atoms with Crippen LogP contribution in [-0.2, 0) is 4.79 Å². The number of amides is 3. The van der Waals surface area contributed by atoms with Crippen LogP contribution >= 0.6 is 0 Å². The first-order chi connectivity index (χ1) is 9.18. The van der Waals surface area contributed by atoms with Gasteiger partial charge in [-0.1, -0.05) is 36.8 Å². The molecular weight excluding hydrogens is 242 g/mol. The minimum atomic E-state index is -0.803. The molecular formula is C14H19N3O2. The van der Waals surface area contributed by atoms with Crippen molar-refractivity contribution in [3.05, 3.63) is 35.9 Å². The van der Waals surface area contributed by atoms with Crippen molar-refractivity contribution in [2.75, 3.05) is 13.1 Å². The van der Waals surface area contributed by atoms with Crippen LogP contribution < -0.4 is 11.1 Å².